The molecule has 1 aliphatic rings. The predicted octanol–water partition coefficient (Wildman–Crippen LogP) is 4.79. The molecule has 0 bridgehead atoms. The van der Waals surface area contributed by atoms with Gasteiger partial charge in [-0.2, -0.15) is 0 Å². The van der Waals surface area contributed by atoms with Crippen molar-refractivity contribution >= 4 is 29.4 Å². The van der Waals surface area contributed by atoms with Crippen molar-refractivity contribution in [2.75, 3.05) is 6.61 Å². The first kappa shape index (κ1) is 24.9. The third kappa shape index (κ3) is 5.53. The zero-order valence-electron chi connectivity index (χ0n) is 19.5. The van der Waals surface area contributed by atoms with Gasteiger partial charge in [-0.15, -0.1) is 0 Å². The highest BCUT2D eigenvalue weighted by Gasteiger charge is 2.33. The lowest BCUT2D eigenvalue weighted by atomic mass is 10.1. The van der Waals surface area contributed by atoms with E-state index in [1.54, 1.807) is 19.1 Å². The second-order valence-electron chi connectivity index (χ2n) is 7.77. The van der Waals surface area contributed by atoms with Crippen molar-refractivity contribution in [2.24, 2.45) is 0 Å². The summed E-state index contributed by atoms with van der Waals surface area (Å²) in [6.45, 7) is 2.08. The summed E-state index contributed by atoms with van der Waals surface area (Å²) in [6, 6.07) is 16.2. The van der Waals surface area contributed by atoms with Gasteiger partial charge in [-0.05, 0) is 42.3 Å². The van der Waals surface area contributed by atoms with E-state index in [4.69, 9.17) is 9.47 Å². The number of nitrogens with zero attached hydrogens (tertiary/aromatic N) is 3. The fraction of sp³-hybridized carbons (Fsp3) is 0.120. The third-order valence-corrected chi connectivity index (χ3v) is 5.29. The van der Waals surface area contributed by atoms with Crippen molar-refractivity contribution in [1.29, 1.82) is 0 Å². The number of hydrogen-bond acceptors (Lipinski definition) is 8. The molecule has 0 radical (unpaired) electrons. The first-order valence-corrected chi connectivity index (χ1v) is 11.0. The van der Waals surface area contributed by atoms with Crippen LogP contribution < -0.4 is 14.8 Å². The summed E-state index contributed by atoms with van der Waals surface area (Å²) >= 11 is 0. The summed E-state index contributed by atoms with van der Waals surface area (Å²) in [5.74, 6) is -0.373. The van der Waals surface area contributed by atoms with Crippen LogP contribution >= 0.6 is 0 Å². The summed E-state index contributed by atoms with van der Waals surface area (Å²) in [6.07, 6.45) is 1.48. The number of benzene rings is 3. The van der Waals surface area contributed by atoms with Crippen LogP contribution in [0, 0.1) is 20.2 Å². The number of urea groups is 1. The molecule has 188 valence electrons. The number of rotatable bonds is 9. The van der Waals surface area contributed by atoms with Crippen LogP contribution in [0.4, 0.5) is 16.2 Å². The third-order valence-electron chi connectivity index (χ3n) is 5.29. The van der Waals surface area contributed by atoms with E-state index in [1.165, 1.54) is 12.1 Å². The Hall–Kier alpha value is -5.26. The van der Waals surface area contributed by atoms with E-state index in [0.29, 0.717) is 5.56 Å². The Balaban J connectivity index is 1.60. The van der Waals surface area contributed by atoms with Gasteiger partial charge in [0.25, 0.3) is 11.6 Å². The Morgan fingerprint density at radius 1 is 0.919 bits per heavy atom. The zero-order valence-corrected chi connectivity index (χ0v) is 19.5. The van der Waals surface area contributed by atoms with E-state index in [0.717, 1.165) is 28.7 Å². The number of nitrogens with one attached hydrogen (secondary N) is 1. The molecule has 0 aromatic heterocycles. The Morgan fingerprint density at radius 3 is 2.32 bits per heavy atom. The molecule has 3 aromatic rings. The fourth-order valence-electron chi connectivity index (χ4n) is 3.58. The second-order valence-corrected chi connectivity index (χ2v) is 7.77. The summed E-state index contributed by atoms with van der Waals surface area (Å²) in [5.41, 5.74) is 0.339. The molecule has 1 aliphatic heterocycles. The highest BCUT2D eigenvalue weighted by molar-refractivity contribution is 6.13. The number of nitro groups is 2. The fourth-order valence-corrected chi connectivity index (χ4v) is 3.58. The molecule has 1 N–H and O–H groups in total. The molecule has 0 aliphatic carbocycles. The maximum Gasteiger partial charge on any atom is 0.329 e. The van der Waals surface area contributed by atoms with E-state index in [9.17, 15) is 29.8 Å². The van der Waals surface area contributed by atoms with E-state index in [1.807, 2.05) is 30.3 Å². The summed E-state index contributed by atoms with van der Waals surface area (Å²) in [5, 5.41) is 25.0. The lowest BCUT2D eigenvalue weighted by Crippen LogP contribution is -2.30. The van der Waals surface area contributed by atoms with Crippen LogP contribution in [0.2, 0.25) is 0 Å². The number of non-ortho nitro benzene ring substituents is 1. The van der Waals surface area contributed by atoms with Gasteiger partial charge in [-0.1, -0.05) is 36.4 Å². The van der Waals surface area contributed by atoms with Crippen LogP contribution in [0.3, 0.4) is 0 Å². The van der Waals surface area contributed by atoms with Crippen LogP contribution in [0.5, 0.6) is 17.2 Å². The minimum Gasteiger partial charge on any atom is -0.490 e. The molecule has 1 heterocycles. The van der Waals surface area contributed by atoms with Crippen molar-refractivity contribution in [1.82, 2.24) is 10.2 Å². The topological polar surface area (TPSA) is 154 Å². The highest BCUT2D eigenvalue weighted by atomic mass is 16.6. The van der Waals surface area contributed by atoms with E-state index in [-0.39, 0.29) is 36.1 Å². The Labute approximate surface area is 210 Å². The molecule has 4 rings (SSSR count). The quantitative estimate of drug-likeness (QED) is 0.189. The summed E-state index contributed by atoms with van der Waals surface area (Å²) in [7, 11) is 0. The van der Waals surface area contributed by atoms with Crippen LogP contribution in [-0.2, 0) is 11.3 Å². The second kappa shape index (κ2) is 10.6. The molecular formula is C25H20N4O8. The number of ether oxygens (including phenoxy) is 2. The van der Waals surface area contributed by atoms with Crippen molar-refractivity contribution in [3.05, 3.63) is 104 Å². The van der Waals surface area contributed by atoms with Crippen molar-refractivity contribution in [2.45, 2.75) is 13.5 Å². The molecule has 0 spiro atoms. The van der Waals surface area contributed by atoms with Crippen molar-refractivity contribution in [3.8, 4) is 17.2 Å². The minimum absolute atomic E-state index is 0.0723. The molecule has 0 atom stereocenters. The van der Waals surface area contributed by atoms with Gasteiger partial charge in [-0.3, -0.25) is 29.9 Å². The van der Waals surface area contributed by atoms with Gasteiger partial charge in [0, 0.05) is 6.07 Å². The largest absolute Gasteiger partial charge is 0.490 e. The summed E-state index contributed by atoms with van der Waals surface area (Å²) in [4.78, 5) is 47.2. The molecule has 3 aromatic carbocycles. The first-order chi connectivity index (χ1) is 17.8. The van der Waals surface area contributed by atoms with Crippen LogP contribution in [0.25, 0.3) is 6.08 Å². The van der Waals surface area contributed by atoms with E-state index >= 15 is 0 Å². The number of nitro benzene ring substituents is 2. The van der Waals surface area contributed by atoms with Crippen molar-refractivity contribution < 1.29 is 28.9 Å². The van der Waals surface area contributed by atoms with Gasteiger partial charge in [0.05, 0.1) is 29.1 Å². The number of amides is 3. The number of hydrogen-bond donors (Lipinski definition) is 1. The van der Waals surface area contributed by atoms with E-state index < -0.39 is 33.2 Å². The minimum atomic E-state index is -0.781. The Morgan fingerprint density at radius 2 is 1.65 bits per heavy atom. The van der Waals surface area contributed by atoms with Crippen molar-refractivity contribution in [3.63, 3.8) is 0 Å². The Bertz CT molecular complexity index is 1420. The number of carbonyl (C=O) groups excluding carboxylic acids is 2. The molecular weight excluding hydrogens is 484 g/mol. The van der Waals surface area contributed by atoms with E-state index in [2.05, 4.69) is 5.32 Å². The molecule has 1 saturated heterocycles. The molecule has 12 nitrogen and oxygen atoms in total. The molecule has 0 saturated carbocycles. The smallest absolute Gasteiger partial charge is 0.329 e. The normalized spacial score (nSPS) is 14.0. The molecule has 12 heteroatoms. The van der Waals surface area contributed by atoms with Gasteiger partial charge in [0.1, 0.15) is 5.70 Å². The lowest BCUT2D eigenvalue weighted by molar-refractivity contribution is -0.394. The maximum absolute atomic E-state index is 12.8. The molecule has 3 amide bonds. The lowest BCUT2D eigenvalue weighted by Gasteiger charge is -2.13. The molecule has 0 unspecified atom stereocenters. The monoisotopic (exact) mass is 504 g/mol. The standard InChI is InChI=1S/C25H20N4O8/c1-2-36-23-13-17(12-19-24(30)27(25(31)26-19)15-16-6-4-3-5-7-16)8-10-22(23)37-21-11-9-18(28(32)33)14-20(21)29(34)35/h3-14H,2,15H2,1H3,(H,26,31)/b19-12+. The zero-order chi connectivity index (χ0) is 26.5. The molecule has 37 heavy (non-hydrogen) atoms. The average Bonchev–Trinajstić information content (AvgIpc) is 3.13. The first-order valence-electron chi connectivity index (χ1n) is 11.0. The van der Waals surface area contributed by atoms with Crippen LogP contribution in [-0.4, -0.2) is 33.3 Å². The predicted molar refractivity (Wildman–Crippen MR) is 131 cm³/mol. The number of carbonyl (C=O) groups is 2. The van der Waals surface area contributed by atoms with Gasteiger partial charge >= 0.3 is 11.7 Å². The number of imide groups is 1. The maximum atomic E-state index is 12.8. The average molecular weight is 504 g/mol. The molecule has 1 fully saturated rings. The SMILES string of the molecule is CCOc1cc(/C=C2/NC(=O)N(Cc3ccccc3)C2=O)ccc1Oc1ccc([N+](=O)[O-])cc1[N+](=O)[O-]. The highest BCUT2D eigenvalue weighted by Crippen LogP contribution is 2.38. The summed E-state index contributed by atoms with van der Waals surface area (Å²) < 4.78 is 11.3. The van der Waals surface area contributed by atoms with Crippen LogP contribution in [0.15, 0.2) is 72.4 Å². The van der Waals surface area contributed by atoms with Gasteiger partial charge in [-0.25, -0.2) is 4.79 Å². The Kier molecular flexibility index (Phi) is 7.09. The van der Waals surface area contributed by atoms with Gasteiger partial charge in [0.2, 0.25) is 5.75 Å². The van der Waals surface area contributed by atoms with Crippen LogP contribution in [0.1, 0.15) is 18.1 Å². The van der Waals surface area contributed by atoms with Gasteiger partial charge < -0.3 is 14.8 Å². The van der Waals surface area contributed by atoms with Gasteiger partial charge in [0.15, 0.2) is 11.5 Å².